The minimum Gasteiger partial charge on any atom is -0.412 e. The van der Waals surface area contributed by atoms with Crippen LogP contribution in [0.5, 0.6) is 0 Å². The highest BCUT2D eigenvalue weighted by molar-refractivity contribution is 6.76. The van der Waals surface area contributed by atoms with Crippen LogP contribution in [0.4, 0.5) is 0 Å². The summed E-state index contributed by atoms with van der Waals surface area (Å²) in [6, 6.07) is 1.39. The molecule has 0 rings (SSSR count). The zero-order chi connectivity index (χ0) is 20.5. The van der Waals surface area contributed by atoms with Crippen molar-refractivity contribution in [2.75, 3.05) is 0 Å². The van der Waals surface area contributed by atoms with E-state index in [2.05, 4.69) is 67.0 Å². The van der Waals surface area contributed by atoms with Gasteiger partial charge in [0.25, 0.3) is 0 Å². The van der Waals surface area contributed by atoms with E-state index in [9.17, 15) is 0 Å². The fraction of sp³-hybridized carbons (Fsp3) is 1.00. The molecule has 0 heterocycles. The molecule has 1 atom stereocenters. The molecule has 0 spiro atoms. The molecule has 26 heavy (non-hydrogen) atoms. The van der Waals surface area contributed by atoms with Gasteiger partial charge in [0, 0.05) is 8.07 Å². The first-order valence-electron chi connectivity index (χ1n) is 11.4. The number of hydrogen-bond donors (Lipinski definition) is 0. The Balaban J connectivity index is 4.59. The van der Waals surface area contributed by atoms with Crippen LogP contribution in [-0.4, -0.2) is 22.0 Å². The number of rotatable bonds is 15. The zero-order valence-electron chi connectivity index (χ0n) is 20.2. The molecule has 3 heteroatoms. The minimum absolute atomic E-state index is 0.0653. The van der Waals surface area contributed by atoms with Crippen molar-refractivity contribution in [2.45, 2.75) is 143 Å². The van der Waals surface area contributed by atoms with Gasteiger partial charge in [-0.2, -0.15) is 0 Å². The summed E-state index contributed by atoms with van der Waals surface area (Å²) in [7, 11) is -2.59. The summed E-state index contributed by atoms with van der Waals surface area (Å²) in [5, 5.41) is 0. The second-order valence-corrected chi connectivity index (χ2v) is 21.9. The summed E-state index contributed by atoms with van der Waals surface area (Å²) >= 11 is 0. The van der Waals surface area contributed by atoms with Crippen LogP contribution in [0.2, 0.25) is 45.3 Å². The lowest BCUT2D eigenvalue weighted by atomic mass is 9.80. The van der Waals surface area contributed by atoms with Gasteiger partial charge in [-0.25, -0.2) is 0 Å². The van der Waals surface area contributed by atoms with Crippen molar-refractivity contribution in [3.63, 3.8) is 0 Å². The van der Waals surface area contributed by atoms with Gasteiger partial charge in [0.15, 0.2) is 8.32 Å². The van der Waals surface area contributed by atoms with E-state index in [0.29, 0.717) is 5.41 Å². The lowest BCUT2D eigenvalue weighted by molar-refractivity contribution is 0.0264. The van der Waals surface area contributed by atoms with Crippen molar-refractivity contribution in [3.8, 4) is 0 Å². The molecule has 0 fully saturated rings. The fourth-order valence-electron chi connectivity index (χ4n) is 5.06. The molecule has 0 saturated heterocycles. The van der Waals surface area contributed by atoms with Gasteiger partial charge in [-0.15, -0.1) is 0 Å². The molecule has 0 aliphatic carbocycles. The second-order valence-electron chi connectivity index (χ2n) is 12.0. The van der Waals surface area contributed by atoms with E-state index in [4.69, 9.17) is 4.43 Å². The van der Waals surface area contributed by atoms with E-state index >= 15 is 0 Å². The molecule has 1 nitrogen and oxygen atoms in total. The molecule has 1 unspecified atom stereocenters. The van der Waals surface area contributed by atoms with Crippen molar-refractivity contribution in [2.24, 2.45) is 5.41 Å². The third-order valence-corrected chi connectivity index (χ3v) is 8.10. The van der Waals surface area contributed by atoms with Gasteiger partial charge < -0.3 is 4.43 Å². The summed E-state index contributed by atoms with van der Waals surface area (Å²) in [6.45, 7) is 24.2. The quantitative estimate of drug-likeness (QED) is 0.197. The average molecular weight is 401 g/mol. The summed E-state index contributed by atoms with van der Waals surface area (Å²) in [5.74, 6) is 0. The molecule has 0 bridgehead atoms. The molecule has 0 aromatic heterocycles. The van der Waals surface area contributed by atoms with Crippen molar-refractivity contribution in [3.05, 3.63) is 0 Å². The summed E-state index contributed by atoms with van der Waals surface area (Å²) in [6.07, 6.45) is 13.6. The van der Waals surface area contributed by atoms with Crippen LogP contribution in [-0.2, 0) is 4.43 Å². The number of hydrogen-bond acceptors (Lipinski definition) is 1. The van der Waals surface area contributed by atoms with Gasteiger partial charge in [-0.05, 0) is 44.8 Å². The Labute approximate surface area is 169 Å². The highest BCUT2D eigenvalue weighted by Crippen LogP contribution is 2.41. The maximum atomic E-state index is 6.79. The summed E-state index contributed by atoms with van der Waals surface area (Å²) in [4.78, 5) is 0. The van der Waals surface area contributed by atoms with Crippen LogP contribution in [0.25, 0.3) is 0 Å². The van der Waals surface area contributed by atoms with Crippen molar-refractivity contribution in [1.29, 1.82) is 0 Å². The fourth-order valence-corrected chi connectivity index (χ4v) is 9.71. The zero-order valence-corrected chi connectivity index (χ0v) is 22.2. The average Bonchev–Trinajstić information content (AvgIpc) is 2.35. The highest BCUT2D eigenvalue weighted by atomic mass is 28.4. The Morgan fingerprint density at radius 2 is 1.15 bits per heavy atom. The molecule has 0 saturated carbocycles. The Hall–Kier alpha value is 0.394. The van der Waals surface area contributed by atoms with Crippen molar-refractivity contribution < 1.29 is 4.43 Å². The summed E-state index contributed by atoms with van der Waals surface area (Å²) in [5.41, 5.74) is 0.453. The van der Waals surface area contributed by atoms with Gasteiger partial charge in [-0.1, -0.05) is 97.8 Å². The molecule has 0 radical (unpaired) electrons. The van der Waals surface area contributed by atoms with Crippen LogP contribution in [0.1, 0.15) is 91.9 Å². The largest absolute Gasteiger partial charge is 0.412 e. The van der Waals surface area contributed by atoms with Crippen molar-refractivity contribution >= 4 is 16.4 Å². The van der Waals surface area contributed by atoms with E-state index in [0.717, 1.165) is 0 Å². The first kappa shape index (κ1) is 26.4. The maximum absolute atomic E-state index is 6.79. The van der Waals surface area contributed by atoms with Crippen LogP contribution >= 0.6 is 0 Å². The van der Waals surface area contributed by atoms with Gasteiger partial charge in [-0.3, -0.25) is 0 Å². The summed E-state index contributed by atoms with van der Waals surface area (Å²) < 4.78 is 6.79. The molecular weight excluding hydrogens is 348 g/mol. The maximum Gasteiger partial charge on any atom is 0.184 e. The van der Waals surface area contributed by atoms with Crippen LogP contribution < -0.4 is 0 Å². The van der Waals surface area contributed by atoms with E-state index < -0.39 is 16.4 Å². The van der Waals surface area contributed by atoms with E-state index in [1.165, 1.54) is 70.3 Å². The monoisotopic (exact) mass is 400 g/mol. The van der Waals surface area contributed by atoms with Gasteiger partial charge >= 0.3 is 0 Å². The SMILES string of the molecule is CCCCCCCCCCC(C)(CC(C)(C)C[Si](C)(C)C)O[Si](C)(C)C. The van der Waals surface area contributed by atoms with E-state index in [1.807, 2.05) is 0 Å². The molecule has 0 aliphatic rings. The third kappa shape index (κ3) is 15.5. The second kappa shape index (κ2) is 11.4. The third-order valence-electron chi connectivity index (χ3n) is 4.97. The Kier molecular flexibility index (Phi) is 11.6. The molecule has 158 valence electrons. The minimum atomic E-state index is -1.53. The lowest BCUT2D eigenvalue weighted by Crippen LogP contribution is -2.44. The highest BCUT2D eigenvalue weighted by Gasteiger charge is 2.38. The topological polar surface area (TPSA) is 9.23 Å². The lowest BCUT2D eigenvalue weighted by Gasteiger charge is -2.43. The smallest absolute Gasteiger partial charge is 0.184 e. The van der Waals surface area contributed by atoms with E-state index in [1.54, 1.807) is 0 Å². The molecule has 0 aromatic rings. The standard InChI is InChI=1S/C23H52OSi2/c1-11-12-13-14-15-16-17-18-19-23(4,24-26(8,9)10)20-22(2,3)21-25(5,6)7/h11-21H2,1-10H3. The van der Waals surface area contributed by atoms with Gasteiger partial charge in [0.05, 0.1) is 5.60 Å². The van der Waals surface area contributed by atoms with E-state index in [-0.39, 0.29) is 5.60 Å². The number of unbranched alkanes of at least 4 members (excludes halogenated alkanes) is 7. The van der Waals surface area contributed by atoms with Crippen LogP contribution in [0.15, 0.2) is 0 Å². The Morgan fingerprint density at radius 1 is 0.692 bits per heavy atom. The first-order chi connectivity index (χ1) is 11.7. The predicted octanol–water partition coefficient (Wildman–Crippen LogP) is 8.88. The molecule has 0 aliphatic heterocycles. The van der Waals surface area contributed by atoms with Crippen LogP contribution in [0, 0.1) is 5.41 Å². The Bertz CT molecular complexity index is 365. The molecular formula is C23H52OSi2. The normalized spacial score (nSPS) is 15.9. The van der Waals surface area contributed by atoms with Gasteiger partial charge in [0.2, 0.25) is 0 Å². The van der Waals surface area contributed by atoms with Gasteiger partial charge in [0.1, 0.15) is 0 Å². The predicted molar refractivity (Wildman–Crippen MR) is 127 cm³/mol. The first-order valence-corrected chi connectivity index (χ1v) is 18.5. The molecule has 0 aromatic carbocycles. The molecule has 0 N–H and O–H groups in total. The van der Waals surface area contributed by atoms with Crippen molar-refractivity contribution in [1.82, 2.24) is 0 Å². The Morgan fingerprint density at radius 3 is 1.58 bits per heavy atom. The van der Waals surface area contributed by atoms with Crippen LogP contribution in [0.3, 0.4) is 0 Å². The molecule has 0 amide bonds.